The van der Waals surface area contributed by atoms with Gasteiger partial charge in [-0.2, -0.15) is 0 Å². The van der Waals surface area contributed by atoms with Crippen LogP contribution < -0.4 is 5.73 Å². The number of hydrogen-bond donors (Lipinski definition) is 1. The molecular formula is C14H19N3OS. The molecule has 0 spiro atoms. The van der Waals surface area contributed by atoms with Gasteiger partial charge >= 0.3 is 0 Å². The van der Waals surface area contributed by atoms with Crippen molar-refractivity contribution in [3.8, 4) is 0 Å². The number of nitrogen functional groups attached to an aromatic ring is 1. The van der Waals surface area contributed by atoms with Crippen molar-refractivity contribution >= 4 is 26.7 Å². The molecule has 0 saturated carbocycles. The molecule has 1 fully saturated rings. The normalized spacial score (nSPS) is 21.0. The summed E-state index contributed by atoms with van der Waals surface area (Å²) in [4.78, 5) is 6.80. The van der Waals surface area contributed by atoms with Crippen molar-refractivity contribution in [1.29, 1.82) is 0 Å². The Bertz CT molecular complexity index is 569. The number of benzene rings is 1. The molecule has 5 heteroatoms. The minimum absolute atomic E-state index is 0.538. The van der Waals surface area contributed by atoms with Crippen LogP contribution in [0.3, 0.4) is 0 Å². The SMILES string of the molecule is CCC1COCCN1Cc1ccc2nc(N)sc2c1. The fraction of sp³-hybridized carbons (Fsp3) is 0.500. The number of nitrogens with two attached hydrogens (primary N) is 1. The maximum Gasteiger partial charge on any atom is 0.181 e. The maximum absolute atomic E-state index is 5.75. The van der Waals surface area contributed by atoms with Crippen molar-refractivity contribution in [3.63, 3.8) is 0 Å². The van der Waals surface area contributed by atoms with Gasteiger partial charge in [0, 0.05) is 19.1 Å². The number of fused-ring (bicyclic) bond motifs is 1. The molecule has 102 valence electrons. The molecule has 1 atom stereocenters. The number of anilines is 1. The summed E-state index contributed by atoms with van der Waals surface area (Å²) in [6, 6.07) is 6.98. The molecule has 2 aromatic rings. The Morgan fingerprint density at radius 2 is 2.42 bits per heavy atom. The third-order valence-corrected chi connectivity index (χ3v) is 4.52. The van der Waals surface area contributed by atoms with Crippen LogP contribution >= 0.6 is 11.3 Å². The molecule has 1 aromatic heterocycles. The Labute approximate surface area is 117 Å². The second kappa shape index (κ2) is 5.45. The first-order valence-electron chi connectivity index (χ1n) is 6.73. The third-order valence-electron chi connectivity index (χ3n) is 3.68. The predicted molar refractivity (Wildman–Crippen MR) is 79.3 cm³/mol. The van der Waals surface area contributed by atoms with Crippen LogP contribution in [0.25, 0.3) is 10.2 Å². The fourth-order valence-corrected chi connectivity index (χ4v) is 3.39. The standard InChI is InChI=1S/C14H19N3OS/c1-2-11-9-18-6-5-17(11)8-10-3-4-12-13(7-10)19-14(15)16-12/h3-4,7,11H,2,5-6,8-9H2,1H3,(H2,15,16). The summed E-state index contributed by atoms with van der Waals surface area (Å²) in [5.74, 6) is 0. The van der Waals surface area contributed by atoms with E-state index in [1.54, 1.807) is 11.3 Å². The van der Waals surface area contributed by atoms with Crippen LogP contribution in [0.5, 0.6) is 0 Å². The van der Waals surface area contributed by atoms with E-state index >= 15 is 0 Å². The second-order valence-electron chi connectivity index (χ2n) is 4.96. The van der Waals surface area contributed by atoms with Gasteiger partial charge in [0.05, 0.1) is 23.4 Å². The quantitative estimate of drug-likeness (QED) is 0.936. The lowest BCUT2D eigenvalue weighted by Gasteiger charge is -2.35. The topological polar surface area (TPSA) is 51.4 Å². The zero-order chi connectivity index (χ0) is 13.2. The Hall–Kier alpha value is -1.17. The van der Waals surface area contributed by atoms with Crippen LogP contribution in [0, 0.1) is 0 Å². The smallest absolute Gasteiger partial charge is 0.181 e. The van der Waals surface area contributed by atoms with Crippen molar-refractivity contribution < 1.29 is 4.74 Å². The summed E-state index contributed by atoms with van der Waals surface area (Å²) < 4.78 is 6.73. The summed E-state index contributed by atoms with van der Waals surface area (Å²) in [5, 5.41) is 0.643. The number of ether oxygens (including phenoxy) is 1. The van der Waals surface area contributed by atoms with Gasteiger partial charge in [0.2, 0.25) is 0 Å². The predicted octanol–water partition coefficient (Wildman–Crippen LogP) is 2.49. The summed E-state index contributed by atoms with van der Waals surface area (Å²) >= 11 is 1.56. The van der Waals surface area contributed by atoms with E-state index in [0.29, 0.717) is 11.2 Å². The van der Waals surface area contributed by atoms with Crippen molar-refractivity contribution in [2.45, 2.75) is 25.9 Å². The molecule has 0 bridgehead atoms. The van der Waals surface area contributed by atoms with Crippen molar-refractivity contribution in [2.24, 2.45) is 0 Å². The second-order valence-corrected chi connectivity index (χ2v) is 6.02. The van der Waals surface area contributed by atoms with Crippen LogP contribution in [0.1, 0.15) is 18.9 Å². The highest BCUT2D eigenvalue weighted by atomic mass is 32.1. The van der Waals surface area contributed by atoms with Crippen LogP contribution in [-0.4, -0.2) is 35.7 Å². The average Bonchev–Trinajstić information content (AvgIpc) is 2.79. The molecule has 2 heterocycles. The molecule has 1 aliphatic heterocycles. The van der Waals surface area contributed by atoms with Gasteiger partial charge in [-0.15, -0.1) is 0 Å². The largest absolute Gasteiger partial charge is 0.378 e. The number of hydrogen-bond acceptors (Lipinski definition) is 5. The zero-order valence-corrected chi connectivity index (χ0v) is 11.9. The van der Waals surface area contributed by atoms with Gasteiger partial charge in [-0.05, 0) is 24.1 Å². The number of nitrogens with zero attached hydrogens (tertiary/aromatic N) is 2. The van der Waals surface area contributed by atoms with E-state index < -0.39 is 0 Å². The third kappa shape index (κ3) is 2.73. The van der Waals surface area contributed by atoms with Gasteiger partial charge in [0.15, 0.2) is 5.13 Å². The molecule has 1 saturated heterocycles. The van der Waals surface area contributed by atoms with Crippen molar-refractivity contribution in [3.05, 3.63) is 23.8 Å². The summed E-state index contributed by atoms with van der Waals surface area (Å²) in [6.45, 7) is 5.91. The van der Waals surface area contributed by atoms with Crippen LogP contribution in [0.4, 0.5) is 5.13 Å². The van der Waals surface area contributed by atoms with Gasteiger partial charge < -0.3 is 10.5 Å². The Balaban J connectivity index is 1.79. The monoisotopic (exact) mass is 277 g/mol. The molecule has 0 aliphatic carbocycles. The fourth-order valence-electron chi connectivity index (χ4n) is 2.59. The molecule has 1 unspecified atom stereocenters. The van der Waals surface area contributed by atoms with Gasteiger partial charge in [-0.3, -0.25) is 4.90 Å². The highest BCUT2D eigenvalue weighted by Crippen LogP contribution is 2.25. The van der Waals surface area contributed by atoms with Gasteiger partial charge in [-0.25, -0.2) is 4.98 Å². The number of aromatic nitrogens is 1. The van der Waals surface area contributed by atoms with Crippen LogP contribution in [0.2, 0.25) is 0 Å². The van der Waals surface area contributed by atoms with Gasteiger partial charge in [0.1, 0.15) is 0 Å². The lowest BCUT2D eigenvalue weighted by Crippen LogP contribution is -2.44. The molecule has 1 aromatic carbocycles. The van der Waals surface area contributed by atoms with Gasteiger partial charge in [-0.1, -0.05) is 24.3 Å². The van der Waals surface area contributed by atoms with E-state index in [2.05, 4.69) is 35.0 Å². The molecule has 1 aliphatic rings. The van der Waals surface area contributed by atoms with E-state index in [9.17, 15) is 0 Å². The van der Waals surface area contributed by atoms with Crippen LogP contribution in [0.15, 0.2) is 18.2 Å². The van der Waals surface area contributed by atoms with E-state index in [1.165, 1.54) is 10.3 Å². The highest BCUT2D eigenvalue weighted by molar-refractivity contribution is 7.22. The van der Waals surface area contributed by atoms with Crippen molar-refractivity contribution in [1.82, 2.24) is 9.88 Å². The molecule has 2 N–H and O–H groups in total. The molecule has 0 radical (unpaired) electrons. The first kappa shape index (κ1) is 12.8. The number of rotatable bonds is 3. The molecule has 0 amide bonds. The first-order chi connectivity index (χ1) is 9.26. The molecule has 3 rings (SSSR count). The van der Waals surface area contributed by atoms with Crippen molar-refractivity contribution in [2.75, 3.05) is 25.5 Å². The van der Waals surface area contributed by atoms with E-state index in [-0.39, 0.29) is 0 Å². The van der Waals surface area contributed by atoms with E-state index in [0.717, 1.165) is 38.2 Å². The summed E-state index contributed by atoms with van der Waals surface area (Å²) in [5.41, 5.74) is 8.08. The Morgan fingerprint density at radius 1 is 1.53 bits per heavy atom. The Kier molecular flexibility index (Phi) is 3.68. The first-order valence-corrected chi connectivity index (χ1v) is 7.54. The molecule has 4 nitrogen and oxygen atoms in total. The minimum atomic E-state index is 0.538. The maximum atomic E-state index is 5.75. The zero-order valence-electron chi connectivity index (χ0n) is 11.1. The van der Waals surface area contributed by atoms with E-state index in [1.807, 2.05) is 0 Å². The average molecular weight is 277 g/mol. The molecular weight excluding hydrogens is 258 g/mol. The minimum Gasteiger partial charge on any atom is -0.378 e. The number of thiazole rings is 1. The lowest BCUT2D eigenvalue weighted by atomic mass is 10.1. The molecule has 19 heavy (non-hydrogen) atoms. The number of morpholine rings is 1. The van der Waals surface area contributed by atoms with Gasteiger partial charge in [0.25, 0.3) is 0 Å². The lowest BCUT2D eigenvalue weighted by molar-refractivity contribution is -0.0127. The van der Waals surface area contributed by atoms with E-state index in [4.69, 9.17) is 10.5 Å². The summed E-state index contributed by atoms with van der Waals surface area (Å²) in [7, 11) is 0. The van der Waals surface area contributed by atoms with Crippen LogP contribution in [-0.2, 0) is 11.3 Å². The Morgan fingerprint density at radius 3 is 3.26 bits per heavy atom. The highest BCUT2D eigenvalue weighted by Gasteiger charge is 2.21. The summed E-state index contributed by atoms with van der Waals surface area (Å²) in [6.07, 6.45) is 1.13.